The van der Waals surface area contributed by atoms with Crippen molar-refractivity contribution < 1.29 is 14.3 Å². The Kier molecular flexibility index (Phi) is 5.99. The third-order valence-corrected chi connectivity index (χ3v) is 5.91. The summed E-state index contributed by atoms with van der Waals surface area (Å²) < 4.78 is 14.2. The minimum atomic E-state index is -0.591. The van der Waals surface area contributed by atoms with Gasteiger partial charge in [-0.25, -0.2) is 9.67 Å². The topological polar surface area (TPSA) is 113 Å². The minimum absolute atomic E-state index is 0.206. The van der Waals surface area contributed by atoms with Crippen LogP contribution in [-0.4, -0.2) is 70.3 Å². The van der Waals surface area contributed by atoms with E-state index in [-0.39, 0.29) is 5.69 Å². The van der Waals surface area contributed by atoms with Crippen LogP contribution in [0.5, 0.6) is 0 Å². The predicted octanol–water partition coefficient (Wildman–Crippen LogP) is 2.01. The van der Waals surface area contributed by atoms with Crippen LogP contribution in [0.2, 0.25) is 0 Å². The Hall–Kier alpha value is -3.76. The Bertz CT molecular complexity index is 1340. The summed E-state index contributed by atoms with van der Waals surface area (Å²) in [6.07, 6.45) is 2.35. The molecule has 176 valence electrons. The van der Waals surface area contributed by atoms with Crippen molar-refractivity contribution in [1.82, 2.24) is 24.4 Å². The van der Waals surface area contributed by atoms with Crippen molar-refractivity contribution >= 4 is 17.4 Å². The van der Waals surface area contributed by atoms with Gasteiger partial charge in [0.1, 0.15) is 5.82 Å². The lowest BCUT2D eigenvalue weighted by molar-refractivity contribution is 0.0993. The smallest absolute Gasteiger partial charge is 0.269 e. The number of amides is 1. The van der Waals surface area contributed by atoms with Crippen molar-refractivity contribution in [2.24, 2.45) is 5.73 Å². The van der Waals surface area contributed by atoms with Crippen LogP contribution in [-0.2, 0) is 15.9 Å². The van der Waals surface area contributed by atoms with E-state index in [1.54, 1.807) is 16.3 Å². The molecule has 1 fully saturated rings. The number of primary amides is 1. The fourth-order valence-corrected chi connectivity index (χ4v) is 4.21. The summed E-state index contributed by atoms with van der Waals surface area (Å²) >= 11 is 0. The summed E-state index contributed by atoms with van der Waals surface area (Å²) in [6.45, 7) is 5.09. The van der Waals surface area contributed by atoms with Crippen molar-refractivity contribution in [3.8, 4) is 17.1 Å². The van der Waals surface area contributed by atoms with Crippen LogP contribution in [0.4, 0.5) is 5.82 Å². The van der Waals surface area contributed by atoms with E-state index in [0.717, 1.165) is 17.1 Å². The molecule has 1 aromatic carbocycles. The van der Waals surface area contributed by atoms with Gasteiger partial charge in [0.15, 0.2) is 17.2 Å². The number of carbonyl (C=O) groups is 1. The van der Waals surface area contributed by atoms with E-state index in [4.69, 9.17) is 25.3 Å². The molecule has 10 nitrogen and oxygen atoms in total. The maximum atomic E-state index is 12.2. The molecule has 10 heteroatoms. The molecule has 5 rings (SSSR count). The average molecular weight is 462 g/mol. The van der Waals surface area contributed by atoms with Crippen molar-refractivity contribution in [3.05, 3.63) is 59.4 Å². The third-order valence-electron chi connectivity index (χ3n) is 5.91. The highest BCUT2D eigenvalue weighted by Gasteiger charge is 2.24. The van der Waals surface area contributed by atoms with E-state index in [9.17, 15) is 4.79 Å². The van der Waals surface area contributed by atoms with Gasteiger partial charge < -0.3 is 20.1 Å². The van der Waals surface area contributed by atoms with Crippen LogP contribution in [0.1, 0.15) is 21.6 Å². The maximum Gasteiger partial charge on any atom is 0.269 e. The molecule has 0 spiro atoms. The molecule has 1 aliphatic heterocycles. The van der Waals surface area contributed by atoms with Crippen molar-refractivity contribution in [2.75, 3.05) is 44.9 Å². The summed E-state index contributed by atoms with van der Waals surface area (Å²) in [5.74, 6) is 0.844. The lowest BCUT2D eigenvalue weighted by atomic mass is 10.1. The maximum absolute atomic E-state index is 12.2. The summed E-state index contributed by atoms with van der Waals surface area (Å²) in [7, 11) is 1.62. The molecular formula is C24H27N7O3. The van der Waals surface area contributed by atoms with Gasteiger partial charge in [-0.15, -0.1) is 0 Å². The number of nitrogens with zero attached hydrogens (tertiary/aromatic N) is 6. The first-order valence-electron chi connectivity index (χ1n) is 11.2. The molecule has 0 bridgehead atoms. The van der Waals surface area contributed by atoms with E-state index >= 15 is 0 Å². The van der Waals surface area contributed by atoms with Crippen LogP contribution >= 0.6 is 0 Å². The molecule has 1 amide bonds. The molecule has 0 atom stereocenters. The number of aryl methyl sites for hydroxylation is 1. The SMILES string of the molecule is COCCc1c(C(N)=O)nn2c(N3CCOCC3)cc(-n3ccc(-c4cccc(C)c4)n3)nc12. The molecule has 0 radical (unpaired) electrons. The molecule has 0 saturated carbocycles. The van der Waals surface area contributed by atoms with Crippen LogP contribution in [0, 0.1) is 6.92 Å². The number of fused-ring (bicyclic) bond motifs is 1. The Morgan fingerprint density at radius 1 is 1.18 bits per heavy atom. The van der Waals surface area contributed by atoms with Gasteiger partial charge >= 0.3 is 0 Å². The highest BCUT2D eigenvalue weighted by Crippen LogP contribution is 2.26. The van der Waals surface area contributed by atoms with Gasteiger partial charge in [-0.05, 0) is 19.1 Å². The number of hydrogen-bond donors (Lipinski definition) is 1. The second-order valence-corrected chi connectivity index (χ2v) is 8.26. The Labute approximate surface area is 196 Å². The number of rotatable bonds is 7. The van der Waals surface area contributed by atoms with Gasteiger partial charge in [-0.3, -0.25) is 4.79 Å². The number of aromatic nitrogens is 5. The van der Waals surface area contributed by atoms with E-state index in [2.05, 4.69) is 29.1 Å². The van der Waals surface area contributed by atoms with Gasteiger partial charge in [0.05, 0.1) is 25.5 Å². The molecule has 0 aliphatic carbocycles. The monoisotopic (exact) mass is 461 g/mol. The van der Waals surface area contributed by atoms with Gasteiger partial charge in [0.2, 0.25) is 0 Å². The lowest BCUT2D eigenvalue weighted by Crippen LogP contribution is -2.37. The summed E-state index contributed by atoms with van der Waals surface area (Å²) in [5, 5.41) is 9.33. The summed E-state index contributed by atoms with van der Waals surface area (Å²) in [5.41, 5.74) is 10.2. The average Bonchev–Trinajstić information content (AvgIpc) is 3.48. The highest BCUT2D eigenvalue weighted by molar-refractivity contribution is 5.94. The fraction of sp³-hybridized carbons (Fsp3) is 0.333. The van der Waals surface area contributed by atoms with Gasteiger partial charge in [0.25, 0.3) is 5.91 Å². The molecule has 4 aromatic rings. The molecule has 4 heterocycles. The van der Waals surface area contributed by atoms with Crippen molar-refractivity contribution in [1.29, 1.82) is 0 Å². The molecule has 34 heavy (non-hydrogen) atoms. The van der Waals surface area contributed by atoms with E-state index < -0.39 is 5.91 Å². The Morgan fingerprint density at radius 2 is 2.00 bits per heavy atom. The first-order chi connectivity index (χ1) is 16.5. The molecule has 3 aromatic heterocycles. The van der Waals surface area contributed by atoms with Gasteiger partial charge in [0, 0.05) is 50.0 Å². The zero-order valence-electron chi connectivity index (χ0n) is 19.3. The molecule has 1 saturated heterocycles. The third kappa shape index (κ3) is 4.13. The number of morpholine rings is 1. The van der Waals surface area contributed by atoms with E-state index in [1.165, 1.54) is 5.56 Å². The van der Waals surface area contributed by atoms with Crippen molar-refractivity contribution in [2.45, 2.75) is 13.3 Å². The van der Waals surface area contributed by atoms with Crippen LogP contribution in [0.15, 0.2) is 42.6 Å². The quantitative estimate of drug-likeness (QED) is 0.448. The minimum Gasteiger partial charge on any atom is -0.384 e. The first-order valence-corrected chi connectivity index (χ1v) is 11.2. The number of benzene rings is 1. The second kappa shape index (κ2) is 9.24. The van der Waals surface area contributed by atoms with Crippen LogP contribution < -0.4 is 10.6 Å². The predicted molar refractivity (Wildman–Crippen MR) is 127 cm³/mol. The second-order valence-electron chi connectivity index (χ2n) is 8.26. The van der Waals surface area contributed by atoms with Crippen LogP contribution in [0.3, 0.4) is 0 Å². The van der Waals surface area contributed by atoms with Gasteiger partial charge in [-0.2, -0.15) is 14.7 Å². The highest BCUT2D eigenvalue weighted by atomic mass is 16.5. The number of anilines is 1. The van der Waals surface area contributed by atoms with Crippen LogP contribution in [0.25, 0.3) is 22.7 Å². The molecule has 1 aliphatic rings. The van der Waals surface area contributed by atoms with Crippen molar-refractivity contribution in [3.63, 3.8) is 0 Å². The Balaban J connectivity index is 1.67. The first kappa shape index (κ1) is 22.1. The fourth-order valence-electron chi connectivity index (χ4n) is 4.21. The van der Waals surface area contributed by atoms with E-state index in [1.807, 2.05) is 30.5 Å². The van der Waals surface area contributed by atoms with Gasteiger partial charge in [-0.1, -0.05) is 23.8 Å². The normalized spacial score (nSPS) is 14.1. The number of carbonyl (C=O) groups excluding carboxylic acids is 1. The number of hydrogen-bond acceptors (Lipinski definition) is 7. The largest absolute Gasteiger partial charge is 0.384 e. The molecule has 0 unspecified atom stereocenters. The zero-order chi connectivity index (χ0) is 23.7. The summed E-state index contributed by atoms with van der Waals surface area (Å²) in [4.78, 5) is 19.2. The number of methoxy groups -OCH3 is 1. The number of ether oxygens (including phenoxy) is 2. The lowest BCUT2D eigenvalue weighted by Gasteiger charge is -2.29. The standard InChI is InChI=1S/C24H27N7O3/c1-16-4-3-5-17(14-16)19-6-8-30(27-19)20-15-21(29-9-12-34-13-10-29)31-24(26-20)18(7-11-33-2)22(28-31)23(25)32/h3-6,8,14-15H,7,9-13H2,1-2H3,(H2,25,32). The summed E-state index contributed by atoms with van der Waals surface area (Å²) in [6, 6.07) is 12.1. The zero-order valence-corrected chi connectivity index (χ0v) is 19.3. The molecular weight excluding hydrogens is 434 g/mol. The Morgan fingerprint density at radius 3 is 2.74 bits per heavy atom. The van der Waals surface area contributed by atoms with E-state index in [0.29, 0.717) is 56.4 Å². The number of nitrogens with two attached hydrogens (primary N) is 1. The molecule has 2 N–H and O–H groups in total.